The standard InChI is InChI=1S/C13H22N2O5/c1-5-6-14(9-12(16)17)13(18)15(7-8-19-3)11(2)10-20-4/h1,11H,6-10H2,2-4H3,(H,16,17). The van der Waals surface area contributed by atoms with E-state index in [2.05, 4.69) is 5.92 Å². The summed E-state index contributed by atoms with van der Waals surface area (Å²) in [5.41, 5.74) is 0. The van der Waals surface area contributed by atoms with Crippen molar-refractivity contribution in [3.05, 3.63) is 0 Å². The number of carbonyl (C=O) groups is 2. The van der Waals surface area contributed by atoms with Crippen LogP contribution in [-0.2, 0) is 14.3 Å². The van der Waals surface area contributed by atoms with Gasteiger partial charge in [0.1, 0.15) is 6.54 Å². The Hall–Kier alpha value is -1.78. The quantitative estimate of drug-likeness (QED) is 0.609. The number of hydrogen-bond acceptors (Lipinski definition) is 4. The summed E-state index contributed by atoms with van der Waals surface area (Å²) in [5, 5.41) is 8.83. The minimum absolute atomic E-state index is 0.0612. The summed E-state index contributed by atoms with van der Waals surface area (Å²) in [6.07, 6.45) is 5.17. The van der Waals surface area contributed by atoms with Gasteiger partial charge >= 0.3 is 12.0 Å². The minimum Gasteiger partial charge on any atom is -0.480 e. The lowest BCUT2D eigenvalue weighted by atomic mass is 10.3. The topological polar surface area (TPSA) is 79.3 Å². The van der Waals surface area contributed by atoms with Crippen LogP contribution < -0.4 is 0 Å². The summed E-state index contributed by atoms with van der Waals surface area (Å²) < 4.78 is 9.99. The molecule has 0 saturated carbocycles. The third kappa shape index (κ3) is 6.41. The molecule has 0 aliphatic rings. The van der Waals surface area contributed by atoms with Crippen molar-refractivity contribution in [1.82, 2.24) is 9.80 Å². The van der Waals surface area contributed by atoms with E-state index in [-0.39, 0.29) is 12.6 Å². The first-order valence-corrected chi connectivity index (χ1v) is 6.16. The van der Waals surface area contributed by atoms with E-state index in [0.717, 1.165) is 4.90 Å². The average molecular weight is 286 g/mol. The van der Waals surface area contributed by atoms with Crippen LogP contribution in [0.1, 0.15) is 6.92 Å². The van der Waals surface area contributed by atoms with Crippen LogP contribution in [0.15, 0.2) is 0 Å². The molecule has 0 aliphatic carbocycles. The van der Waals surface area contributed by atoms with Crippen molar-refractivity contribution in [1.29, 1.82) is 0 Å². The molecule has 0 rings (SSSR count). The van der Waals surface area contributed by atoms with Crippen molar-refractivity contribution in [3.8, 4) is 12.3 Å². The number of nitrogens with zero attached hydrogens (tertiary/aromatic N) is 2. The SMILES string of the molecule is C#CCN(CC(=O)O)C(=O)N(CCOC)C(C)COC. The first-order valence-electron chi connectivity index (χ1n) is 6.16. The second-order valence-electron chi connectivity index (χ2n) is 4.23. The van der Waals surface area contributed by atoms with Gasteiger partial charge in [0.25, 0.3) is 0 Å². The molecule has 0 aromatic carbocycles. The highest BCUT2D eigenvalue weighted by atomic mass is 16.5. The number of aliphatic carboxylic acids is 1. The second kappa shape index (κ2) is 10.1. The smallest absolute Gasteiger partial charge is 0.323 e. The summed E-state index contributed by atoms with van der Waals surface area (Å²) in [7, 11) is 3.06. The molecule has 0 bridgehead atoms. The number of methoxy groups -OCH3 is 2. The van der Waals surface area contributed by atoms with Crippen LogP contribution in [0.4, 0.5) is 4.79 Å². The lowest BCUT2D eigenvalue weighted by Gasteiger charge is -2.32. The monoisotopic (exact) mass is 286 g/mol. The summed E-state index contributed by atoms with van der Waals surface area (Å²) in [6, 6.07) is -0.649. The number of terminal acetylenes is 1. The molecule has 0 spiro atoms. The Kier molecular flexibility index (Phi) is 9.17. The summed E-state index contributed by atoms with van der Waals surface area (Å²) in [4.78, 5) is 25.8. The van der Waals surface area contributed by atoms with Gasteiger partial charge in [-0.2, -0.15) is 0 Å². The Balaban J connectivity index is 4.94. The van der Waals surface area contributed by atoms with Crippen molar-refractivity contribution < 1.29 is 24.2 Å². The Bertz CT molecular complexity index is 353. The fraction of sp³-hybridized carbons (Fsp3) is 0.692. The molecule has 0 saturated heterocycles. The number of carboxylic acid groups (broad SMARTS) is 1. The molecular weight excluding hydrogens is 264 g/mol. The molecule has 0 aliphatic heterocycles. The van der Waals surface area contributed by atoms with Gasteiger partial charge in [0, 0.05) is 20.8 Å². The van der Waals surface area contributed by atoms with Crippen molar-refractivity contribution in [3.63, 3.8) is 0 Å². The lowest BCUT2D eigenvalue weighted by Crippen LogP contribution is -2.51. The van der Waals surface area contributed by atoms with Crippen LogP contribution in [0.25, 0.3) is 0 Å². The Labute approximate surface area is 119 Å². The molecule has 1 atom stereocenters. The van der Waals surface area contributed by atoms with Gasteiger partial charge in [-0.25, -0.2) is 4.79 Å². The lowest BCUT2D eigenvalue weighted by molar-refractivity contribution is -0.137. The number of carbonyl (C=O) groups excluding carboxylic acids is 1. The maximum atomic E-state index is 12.4. The van der Waals surface area contributed by atoms with Gasteiger partial charge in [-0.15, -0.1) is 6.42 Å². The van der Waals surface area contributed by atoms with Crippen LogP contribution in [0.3, 0.4) is 0 Å². The second-order valence-corrected chi connectivity index (χ2v) is 4.23. The van der Waals surface area contributed by atoms with E-state index in [1.165, 1.54) is 19.1 Å². The zero-order valence-electron chi connectivity index (χ0n) is 12.2. The van der Waals surface area contributed by atoms with E-state index in [1.54, 1.807) is 0 Å². The molecule has 7 heteroatoms. The number of urea groups is 1. The molecule has 0 aromatic heterocycles. The molecule has 1 unspecified atom stereocenters. The van der Waals surface area contributed by atoms with Crippen molar-refractivity contribution in [2.24, 2.45) is 0 Å². The van der Waals surface area contributed by atoms with E-state index >= 15 is 0 Å². The molecule has 114 valence electrons. The van der Waals surface area contributed by atoms with E-state index in [0.29, 0.717) is 19.8 Å². The Morgan fingerprint density at radius 1 is 1.35 bits per heavy atom. The molecule has 0 fully saturated rings. The van der Waals surface area contributed by atoms with E-state index in [1.807, 2.05) is 6.92 Å². The number of ether oxygens (including phenoxy) is 2. The van der Waals surface area contributed by atoms with Crippen molar-refractivity contribution in [2.75, 3.05) is 47.1 Å². The van der Waals surface area contributed by atoms with Gasteiger partial charge < -0.3 is 24.4 Å². The maximum absolute atomic E-state index is 12.4. The first kappa shape index (κ1) is 18.2. The van der Waals surface area contributed by atoms with Crippen LogP contribution in [0.5, 0.6) is 0 Å². The number of amides is 2. The van der Waals surface area contributed by atoms with Gasteiger partial charge in [0.2, 0.25) is 0 Å². The molecule has 2 amide bonds. The molecule has 0 radical (unpaired) electrons. The van der Waals surface area contributed by atoms with Crippen molar-refractivity contribution in [2.45, 2.75) is 13.0 Å². The number of rotatable bonds is 9. The summed E-state index contributed by atoms with van der Waals surface area (Å²) in [5.74, 6) is 1.18. The third-order valence-electron chi connectivity index (χ3n) is 2.60. The number of hydrogen-bond donors (Lipinski definition) is 1. The zero-order valence-corrected chi connectivity index (χ0v) is 12.2. The molecule has 7 nitrogen and oxygen atoms in total. The van der Waals surface area contributed by atoms with Gasteiger partial charge in [-0.05, 0) is 6.92 Å². The van der Waals surface area contributed by atoms with E-state index in [9.17, 15) is 9.59 Å². The van der Waals surface area contributed by atoms with Gasteiger partial charge in [0.05, 0.1) is 25.8 Å². The van der Waals surface area contributed by atoms with Gasteiger partial charge in [-0.1, -0.05) is 5.92 Å². The minimum atomic E-state index is -1.11. The largest absolute Gasteiger partial charge is 0.480 e. The third-order valence-corrected chi connectivity index (χ3v) is 2.60. The normalized spacial score (nSPS) is 11.5. The van der Waals surface area contributed by atoms with Gasteiger partial charge in [-0.3, -0.25) is 4.79 Å². The Morgan fingerprint density at radius 3 is 2.45 bits per heavy atom. The highest BCUT2D eigenvalue weighted by Gasteiger charge is 2.26. The van der Waals surface area contributed by atoms with Crippen LogP contribution in [0.2, 0.25) is 0 Å². The average Bonchev–Trinajstić information content (AvgIpc) is 2.38. The Morgan fingerprint density at radius 2 is 2.00 bits per heavy atom. The van der Waals surface area contributed by atoms with Crippen LogP contribution in [0, 0.1) is 12.3 Å². The predicted octanol–water partition coefficient (Wildman–Crippen LogP) is 0.110. The molecular formula is C13H22N2O5. The maximum Gasteiger partial charge on any atom is 0.323 e. The first-order chi connectivity index (χ1) is 9.47. The molecule has 0 aromatic rings. The molecule has 0 heterocycles. The summed E-state index contributed by atoms with van der Waals surface area (Å²) >= 11 is 0. The van der Waals surface area contributed by atoms with E-state index < -0.39 is 18.5 Å². The summed E-state index contributed by atoms with van der Waals surface area (Å²) in [6.45, 7) is 2.33. The highest BCUT2D eigenvalue weighted by Crippen LogP contribution is 2.06. The predicted molar refractivity (Wildman–Crippen MR) is 73.4 cm³/mol. The fourth-order valence-electron chi connectivity index (χ4n) is 1.67. The van der Waals surface area contributed by atoms with Crippen LogP contribution >= 0.6 is 0 Å². The number of carboxylic acids is 1. The highest BCUT2D eigenvalue weighted by molar-refractivity contribution is 5.80. The van der Waals surface area contributed by atoms with Gasteiger partial charge in [0.15, 0.2) is 0 Å². The fourth-order valence-corrected chi connectivity index (χ4v) is 1.67. The molecule has 20 heavy (non-hydrogen) atoms. The van der Waals surface area contributed by atoms with Crippen molar-refractivity contribution >= 4 is 12.0 Å². The van der Waals surface area contributed by atoms with Crippen LogP contribution in [-0.4, -0.2) is 80.0 Å². The molecule has 1 N–H and O–H groups in total. The zero-order chi connectivity index (χ0) is 15.5. The van der Waals surface area contributed by atoms with E-state index in [4.69, 9.17) is 21.0 Å².